The quantitative estimate of drug-likeness (QED) is 0.665. The van der Waals surface area contributed by atoms with E-state index in [-0.39, 0.29) is 24.0 Å². The van der Waals surface area contributed by atoms with Gasteiger partial charge in [-0.1, -0.05) is 24.3 Å². The molecule has 0 aliphatic heterocycles. The first-order valence-corrected chi connectivity index (χ1v) is 7.98. The molecule has 0 spiro atoms. The summed E-state index contributed by atoms with van der Waals surface area (Å²) in [5.41, 5.74) is 1.19. The summed E-state index contributed by atoms with van der Waals surface area (Å²) >= 11 is 0. The van der Waals surface area contributed by atoms with E-state index >= 15 is 0 Å². The Morgan fingerprint density at radius 1 is 1.12 bits per heavy atom. The van der Waals surface area contributed by atoms with E-state index in [1.54, 1.807) is 56.5 Å². The maximum atomic E-state index is 12.9. The zero-order valence-corrected chi connectivity index (χ0v) is 14.1. The average molecular weight is 338 g/mol. The van der Waals surface area contributed by atoms with E-state index in [0.29, 0.717) is 28.0 Å². The predicted octanol–water partition coefficient (Wildman–Crippen LogP) is 3.57. The molecule has 5 nitrogen and oxygen atoms in total. The van der Waals surface area contributed by atoms with E-state index in [1.807, 2.05) is 6.07 Å². The minimum absolute atomic E-state index is 0.145. The lowest BCUT2D eigenvalue weighted by Gasteiger charge is -2.11. The molecule has 0 radical (unpaired) electrons. The van der Waals surface area contributed by atoms with Crippen molar-refractivity contribution in [3.63, 3.8) is 0 Å². The predicted molar refractivity (Wildman–Crippen MR) is 94.8 cm³/mol. The van der Waals surface area contributed by atoms with Crippen molar-refractivity contribution in [2.45, 2.75) is 13.3 Å². The van der Waals surface area contributed by atoms with Crippen LogP contribution in [-0.4, -0.2) is 19.7 Å². The fourth-order valence-corrected chi connectivity index (χ4v) is 2.69. The Labute approximate surface area is 144 Å². The highest BCUT2D eigenvalue weighted by Crippen LogP contribution is 2.29. The molecule has 1 aromatic heterocycles. The molecule has 1 heterocycles. The molecule has 0 bridgehead atoms. The van der Waals surface area contributed by atoms with Crippen molar-refractivity contribution in [3.05, 3.63) is 64.3 Å². The van der Waals surface area contributed by atoms with Gasteiger partial charge in [0.1, 0.15) is 17.1 Å². The molecular formula is C20H18O5. The van der Waals surface area contributed by atoms with Gasteiger partial charge in [-0.2, -0.15) is 0 Å². The maximum Gasteiger partial charge on any atom is 0.310 e. The number of carbonyl (C=O) groups is 1. The lowest BCUT2D eigenvalue weighted by atomic mass is 10.0. The molecule has 0 unspecified atom stereocenters. The summed E-state index contributed by atoms with van der Waals surface area (Å²) in [5, 5.41) is 0.438. The second-order valence-electron chi connectivity index (χ2n) is 5.45. The van der Waals surface area contributed by atoms with Gasteiger partial charge in [-0.25, -0.2) is 0 Å². The van der Waals surface area contributed by atoms with Crippen LogP contribution in [0.5, 0.6) is 5.75 Å². The lowest BCUT2D eigenvalue weighted by molar-refractivity contribution is -0.142. The molecule has 25 heavy (non-hydrogen) atoms. The summed E-state index contributed by atoms with van der Waals surface area (Å²) < 4.78 is 16.2. The van der Waals surface area contributed by atoms with Crippen molar-refractivity contribution < 1.29 is 18.7 Å². The van der Waals surface area contributed by atoms with Gasteiger partial charge in [0.15, 0.2) is 5.43 Å². The molecule has 0 aliphatic rings. The van der Waals surface area contributed by atoms with Crippen molar-refractivity contribution in [1.29, 1.82) is 0 Å². The Balaban J connectivity index is 2.24. The van der Waals surface area contributed by atoms with Gasteiger partial charge >= 0.3 is 5.97 Å². The summed E-state index contributed by atoms with van der Waals surface area (Å²) in [6, 6.07) is 14.2. The van der Waals surface area contributed by atoms with Crippen molar-refractivity contribution >= 4 is 16.9 Å². The van der Waals surface area contributed by atoms with E-state index in [9.17, 15) is 9.59 Å². The molecule has 0 saturated heterocycles. The van der Waals surface area contributed by atoms with E-state index in [1.165, 1.54) is 0 Å². The van der Waals surface area contributed by atoms with Gasteiger partial charge in [0.25, 0.3) is 0 Å². The number of hydrogen-bond acceptors (Lipinski definition) is 5. The van der Waals surface area contributed by atoms with Crippen LogP contribution in [0.2, 0.25) is 0 Å². The van der Waals surface area contributed by atoms with Crippen molar-refractivity contribution in [1.82, 2.24) is 0 Å². The minimum atomic E-state index is -0.464. The number of para-hydroxylation sites is 1. The second kappa shape index (κ2) is 7.21. The Bertz CT molecular complexity index is 971. The maximum absolute atomic E-state index is 12.9. The van der Waals surface area contributed by atoms with Crippen LogP contribution in [0.25, 0.3) is 22.3 Å². The molecule has 128 valence electrons. The van der Waals surface area contributed by atoms with Crippen LogP contribution in [0.3, 0.4) is 0 Å². The number of methoxy groups -OCH3 is 1. The number of carbonyl (C=O) groups excluding carboxylic acids is 1. The standard InChI is InChI=1S/C20H18O5/c1-3-24-18(21)12-16-19(22)15-9-4-5-10-17(15)25-20(16)13-7-6-8-14(11-13)23-2/h4-11H,3,12H2,1-2H3. The smallest absolute Gasteiger partial charge is 0.310 e. The fraction of sp³-hybridized carbons (Fsp3) is 0.200. The van der Waals surface area contributed by atoms with Gasteiger partial charge in [-0.05, 0) is 31.2 Å². The first-order valence-electron chi connectivity index (χ1n) is 7.98. The largest absolute Gasteiger partial charge is 0.497 e. The number of ether oxygens (including phenoxy) is 2. The molecule has 3 rings (SSSR count). The summed E-state index contributed by atoms with van der Waals surface area (Å²) in [6.45, 7) is 1.98. The van der Waals surface area contributed by atoms with Crippen LogP contribution in [0, 0.1) is 0 Å². The van der Waals surface area contributed by atoms with Gasteiger partial charge in [0, 0.05) is 5.56 Å². The van der Waals surface area contributed by atoms with Crippen LogP contribution in [0.15, 0.2) is 57.7 Å². The highest BCUT2D eigenvalue weighted by atomic mass is 16.5. The molecule has 0 amide bonds. The molecule has 3 aromatic rings. The van der Waals surface area contributed by atoms with Gasteiger partial charge in [0.2, 0.25) is 0 Å². The minimum Gasteiger partial charge on any atom is -0.497 e. The van der Waals surface area contributed by atoms with Gasteiger partial charge < -0.3 is 13.9 Å². The van der Waals surface area contributed by atoms with E-state index < -0.39 is 5.97 Å². The normalized spacial score (nSPS) is 10.6. The van der Waals surface area contributed by atoms with Crippen LogP contribution >= 0.6 is 0 Å². The van der Waals surface area contributed by atoms with Crippen molar-refractivity contribution in [2.75, 3.05) is 13.7 Å². The first-order chi connectivity index (χ1) is 12.1. The summed E-state index contributed by atoms with van der Waals surface area (Å²) in [4.78, 5) is 24.9. The molecular weight excluding hydrogens is 320 g/mol. The molecule has 2 aromatic carbocycles. The molecule has 0 aliphatic carbocycles. The third kappa shape index (κ3) is 3.40. The van der Waals surface area contributed by atoms with Crippen molar-refractivity contribution in [2.24, 2.45) is 0 Å². The molecule has 0 atom stereocenters. The number of rotatable bonds is 5. The summed E-state index contributed by atoms with van der Waals surface area (Å²) in [7, 11) is 1.56. The topological polar surface area (TPSA) is 65.7 Å². The lowest BCUT2D eigenvalue weighted by Crippen LogP contribution is -2.17. The fourth-order valence-electron chi connectivity index (χ4n) is 2.69. The van der Waals surface area contributed by atoms with E-state index in [4.69, 9.17) is 13.9 Å². The second-order valence-corrected chi connectivity index (χ2v) is 5.45. The average Bonchev–Trinajstić information content (AvgIpc) is 2.64. The van der Waals surface area contributed by atoms with E-state index in [2.05, 4.69) is 0 Å². The third-order valence-corrected chi connectivity index (χ3v) is 3.85. The SMILES string of the molecule is CCOC(=O)Cc1c(-c2cccc(OC)c2)oc2ccccc2c1=O. The number of benzene rings is 2. The first kappa shape index (κ1) is 16.8. The Morgan fingerprint density at radius 2 is 1.92 bits per heavy atom. The zero-order chi connectivity index (χ0) is 17.8. The summed E-state index contributed by atoms with van der Waals surface area (Å²) in [6.07, 6.45) is -0.145. The van der Waals surface area contributed by atoms with Crippen LogP contribution in [-0.2, 0) is 16.0 Å². The molecule has 0 N–H and O–H groups in total. The monoisotopic (exact) mass is 338 g/mol. The summed E-state index contributed by atoms with van der Waals surface area (Å²) in [5.74, 6) is 0.528. The number of fused-ring (bicyclic) bond motifs is 1. The van der Waals surface area contributed by atoms with Gasteiger partial charge in [-0.15, -0.1) is 0 Å². The van der Waals surface area contributed by atoms with Crippen LogP contribution in [0.1, 0.15) is 12.5 Å². The van der Waals surface area contributed by atoms with Gasteiger partial charge in [-0.3, -0.25) is 9.59 Å². The number of hydrogen-bond donors (Lipinski definition) is 0. The zero-order valence-electron chi connectivity index (χ0n) is 14.1. The van der Waals surface area contributed by atoms with E-state index in [0.717, 1.165) is 0 Å². The highest BCUT2D eigenvalue weighted by molar-refractivity contribution is 5.83. The third-order valence-electron chi connectivity index (χ3n) is 3.85. The van der Waals surface area contributed by atoms with Gasteiger partial charge in [0.05, 0.1) is 31.1 Å². The molecule has 0 saturated carbocycles. The molecule has 0 fully saturated rings. The van der Waals surface area contributed by atoms with Crippen LogP contribution in [0.4, 0.5) is 0 Å². The number of esters is 1. The Kier molecular flexibility index (Phi) is 4.84. The molecule has 5 heteroatoms. The Hall–Kier alpha value is -3.08. The Morgan fingerprint density at radius 3 is 2.68 bits per heavy atom. The van der Waals surface area contributed by atoms with Crippen LogP contribution < -0.4 is 10.2 Å². The van der Waals surface area contributed by atoms with Crippen molar-refractivity contribution in [3.8, 4) is 17.1 Å². The highest BCUT2D eigenvalue weighted by Gasteiger charge is 2.19.